The molecule has 3 aromatic heterocycles. The number of nitrogen functional groups attached to an aromatic ring is 1. The van der Waals surface area contributed by atoms with Crippen LogP contribution in [0.3, 0.4) is 0 Å². The molecule has 1 amide bonds. The maximum atomic E-state index is 13.8. The smallest absolute Gasteiger partial charge is 0.382 e. The Kier molecular flexibility index (Phi) is 4.25. The summed E-state index contributed by atoms with van der Waals surface area (Å²) in [5, 5.41) is 2.67. The van der Waals surface area contributed by atoms with Crippen molar-refractivity contribution >= 4 is 49.8 Å². The van der Waals surface area contributed by atoms with E-state index in [1.165, 1.54) is 0 Å². The number of piperidine rings is 1. The van der Waals surface area contributed by atoms with Crippen molar-refractivity contribution in [2.75, 3.05) is 23.7 Å². The monoisotopic (exact) mass is 396 g/mol. The standard InChI is InChI=1S/C16H15F3N6OS/c17-16(18,19)9-5-10(25-3-1-8(2-4-25)23-7-26)24-15-11(9)12-13(27-15)14(20)22-6-21-12/h5-8H,1-4H2,(H,23,26)(H2,20,21,22). The fourth-order valence-electron chi connectivity index (χ4n) is 3.33. The second kappa shape index (κ2) is 6.48. The third-order valence-electron chi connectivity index (χ3n) is 4.67. The summed E-state index contributed by atoms with van der Waals surface area (Å²) in [7, 11) is 0. The van der Waals surface area contributed by atoms with E-state index in [-0.39, 0.29) is 33.4 Å². The van der Waals surface area contributed by atoms with Gasteiger partial charge in [-0.3, -0.25) is 4.79 Å². The van der Waals surface area contributed by atoms with Crippen LogP contribution in [0, 0.1) is 0 Å². The van der Waals surface area contributed by atoms with E-state index in [0.29, 0.717) is 37.0 Å². The fraction of sp³-hybridized carbons (Fsp3) is 0.375. The zero-order valence-electron chi connectivity index (χ0n) is 14.0. The number of fused-ring (bicyclic) bond motifs is 3. The van der Waals surface area contributed by atoms with Crippen molar-refractivity contribution in [3.63, 3.8) is 0 Å². The molecule has 11 heteroatoms. The van der Waals surface area contributed by atoms with Crippen LogP contribution < -0.4 is 16.0 Å². The number of anilines is 2. The van der Waals surface area contributed by atoms with Crippen LogP contribution in [0.4, 0.5) is 24.8 Å². The topological polar surface area (TPSA) is 97.0 Å². The van der Waals surface area contributed by atoms with E-state index in [0.717, 1.165) is 23.7 Å². The van der Waals surface area contributed by atoms with Crippen molar-refractivity contribution in [2.45, 2.75) is 25.1 Å². The van der Waals surface area contributed by atoms with Crippen molar-refractivity contribution in [3.05, 3.63) is 18.0 Å². The Balaban J connectivity index is 1.83. The molecule has 142 valence electrons. The Morgan fingerprint density at radius 2 is 2.04 bits per heavy atom. The summed E-state index contributed by atoms with van der Waals surface area (Å²) >= 11 is 1.06. The van der Waals surface area contributed by atoms with Crippen LogP contribution in [-0.2, 0) is 11.0 Å². The van der Waals surface area contributed by atoms with Gasteiger partial charge in [-0.15, -0.1) is 11.3 Å². The molecule has 7 nitrogen and oxygen atoms in total. The van der Waals surface area contributed by atoms with E-state index in [1.807, 2.05) is 0 Å². The van der Waals surface area contributed by atoms with Gasteiger partial charge in [-0.2, -0.15) is 13.2 Å². The molecule has 27 heavy (non-hydrogen) atoms. The van der Waals surface area contributed by atoms with E-state index in [4.69, 9.17) is 5.73 Å². The number of alkyl halides is 3. The molecular formula is C16H15F3N6OS. The van der Waals surface area contributed by atoms with E-state index in [1.54, 1.807) is 4.90 Å². The SMILES string of the molecule is Nc1ncnc2c1sc1nc(N3CCC(NC=O)CC3)cc(C(F)(F)F)c12. The van der Waals surface area contributed by atoms with E-state index >= 15 is 0 Å². The molecule has 0 bridgehead atoms. The number of hydrogen-bond acceptors (Lipinski definition) is 7. The first kappa shape index (κ1) is 17.7. The van der Waals surface area contributed by atoms with Crippen LogP contribution in [0.1, 0.15) is 18.4 Å². The number of carbonyl (C=O) groups excluding carboxylic acids is 1. The summed E-state index contributed by atoms with van der Waals surface area (Å²) in [6.07, 6.45) is -1.46. The number of thiophene rings is 1. The van der Waals surface area contributed by atoms with Gasteiger partial charge in [0.05, 0.1) is 21.2 Å². The first-order valence-electron chi connectivity index (χ1n) is 8.24. The number of rotatable bonds is 3. The van der Waals surface area contributed by atoms with E-state index < -0.39 is 11.7 Å². The molecule has 4 rings (SSSR count). The van der Waals surface area contributed by atoms with E-state index in [2.05, 4.69) is 20.3 Å². The second-order valence-electron chi connectivity index (χ2n) is 6.29. The molecule has 0 unspecified atom stereocenters. The number of hydrogen-bond donors (Lipinski definition) is 2. The molecule has 0 radical (unpaired) electrons. The summed E-state index contributed by atoms with van der Waals surface area (Å²) in [5.74, 6) is 0.399. The lowest BCUT2D eigenvalue weighted by Gasteiger charge is -2.32. The summed E-state index contributed by atoms with van der Waals surface area (Å²) in [5.41, 5.74) is 5.20. The van der Waals surface area contributed by atoms with Crippen LogP contribution in [-0.4, -0.2) is 40.5 Å². The Morgan fingerprint density at radius 1 is 1.30 bits per heavy atom. The molecule has 1 fully saturated rings. The Labute approximate surface area is 155 Å². The van der Waals surface area contributed by atoms with Crippen LogP contribution in [0.5, 0.6) is 0 Å². The summed E-state index contributed by atoms with van der Waals surface area (Å²) in [6.45, 7) is 1.02. The van der Waals surface area contributed by atoms with Crippen molar-refractivity contribution in [2.24, 2.45) is 0 Å². The molecule has 0 atom stereocenters. The number of halogens is 3. The third kappa shape index (κ3) is 3.11. The second-order valence-corrected chi connectivity index (χ2v) is 7.29. The number of aromatic nitrogens is 3. The predicted octanol–water partition coefficient (Wildman–Crippen LogP) is 2.56. The van der Waals surface area contributed by atoms with Gasteiger partial charge in [-0.1, -0.05) is 0 Å². The van der Waals surface area contributed by atoms with Crippen LogP contribution >= 0.6 is 11.3 Å². The van der Waals surface area contributed by atoms with Crippen molar-refractivity contribution in [3.8, 4) is 0 Å². The Morgan fingerprint density at radius 3 is 2.70 bits per heavy atom. The van der Waals surface area contributed by atoms with Gasteiger partial charge in [0.15, 0.2) is 0 Å². The minimum atomic E-state index is -4.55. The van der Waals surface area contributed by atoms with Crippen molar-refractivity contribution in [1.29, 1.82) is 0 Å². The average Bonchev–Trinajstić information content (AvgIpc) is 3.01. The first-order valence-corrected chi connectivity index (χ1v) is 9.05. The first-order chi connectivity index (χ1) is 12.9. The van der Waals surface area contributed by atoms with Gasteiger partial charge in [0.2, 0.25) is 6.41 Å². The number of nitrogens with one attached hydrogen (secondary N) is 1. The van der Waals surface area contributed by atoms with Gasteiger partial charge in [0.1, 0.15) is 22.8 Å². The Bertz CT molecular complexity index is 1010. The highest BCUT2D eigenvalue weighted by atomic mass is 32.1. The van der Waals surface area contributed by atoms with Gasteiger partial charge in [0.25, 0.3) is 0 Å². The lowest BCUT2D eigenvalue weighted by Crippen LogP contribution is -2.42. The van der Waals surface area contributed by atoms with Gasteiger partial charge >= 0.3 is 6.18 Å². The summed E-state index contributed by atoms with van der Waals surface area (Å²) in [6, 6.07) is 1.10. The van der Waals surface area contributed by atoms with Gasteiger partial charge in [-0.25, -0.2) is 15.0 Å². The number of pyridine rings is 1. The largest absolute Gasteiger partial charge is 0.417 e. The van der Waals surface area contributed by atoms with Gasteiger partial charge < -0.3 is 16.0 Å². The minimum absolute atomic E-state index is 0.0315. The van der Waals surface area contributed by atoms with Crippen LogP contribution in [0.2, 0.25) is 0 Å². The molecule has 0 aromatic carbocycles. The number of nitrogens with zero attached hydrogens (tertiary/aromatic N) is 4. The molecule has 1 saturated heterocycles. The molecule has 3 aromatic rings. The summed E-state index contributed by atoms with van der Waals surface area (Å²) < 4.78 is 41.7. The van der Waals surface area contributed by atoms with Crippen LogP contribution in [0.15, 0.2) is 12.4 Å². The quantitative estimate of drug-likeness (QED) is 0.661. The molecule has 0 aliphatic carbocycles. The highest BCUT2D eigenvalue weighted by Crippen LogP contribution is 2.43. The number of nitrogens with two attached hydrogens (primary N) is 1. The zero-order valence-corrected chi connectivity index (χ0v) is 14.8. The fourth-order valence-corrected chi connectivity index (χ4v) is 4.38. The third-order valence-corrected chi connectivity index (χ3v) is 5.76. The molecule has 3 N–H and O–H groups in total. The molecule has 1 aliphatic heterocycles. The maximum Gasteiger partial charge on any atom is 0.417 e. The van der Waals surface area contributed by atoms with Crippen molar-refractivity contribution < 1.29 is 18.0 Å². The molecule has 4 heterocycles. The maximum absolute atomic E-state index is 13.8. The number of amides is 1. The lowest BCUT2D eigenvalue weighted by molar-refractivity contribution is -0.136. The molecule has 1 aliphatic rings. The van der Waals surface area contributed by atoms with Gasteiger partial charge in [0, 0.05) is 19.1 Å². The van der Waals surface area contributed by atoms with Crippen LogP contribution in [0.25, 0.3) is 20.4 Å². The average molecular weight is 396 g/mol. The molecule has 0 saturated carbocycles. The minimum Gasteiger partial charge on any atom is -0.382 e. The molecular weight excluding hydrogens is 381 g/mol. The Hall–Kier alpha value is -2.69. The van der Waals surface area contributed by atoms with Crippen molar-refractivity contribution in [1.82, 2.24) is 20.3 Å². The lowest BCUT2D eigenvalue weighted by atomic mass is 10.0. The molecule has 0 spiro atoms. The highest BCUT2D eigenvalue weighted by Gasteiger charge is 2.36. The normalized spacial score (nSPS) is 16.2. The van der Waals surface area contributed by atoms with Gasteiger partial charge in [-0.05, 0) is 18.9 Å². The number of carbonyl (C=O) groups is 1. The van der Waals surface area contributed by atoms with E-state index in [9.17, 15) is 18.0 Å². The summed E-state index contributed by atoms with van der Waals surface area (Å²) in [4.78, 5) is 24.9. The highest BCUT2D eigenvalue weighted by molar-refractivity contribution is 7.26. The zero-order chi connectivity index (χ0) is 19.2. The predicted molar refractivity (Wildman–Crippen MR) is 96.6 cm³/mol.